The second-order valence-electron chi connectivity index (χ2n) is 6.12. The van der Waals surface area contributed by atoms with Gasteiger partial charge in [-0.1, -0.05) is 0 Å². The quantitative estimate of drug-likeness (QED) is 0.881. The smallest absolute Gasteiger partial charge is 0.248 e. The Morgan fingerprint density at radius 1 is 1.32 bits per heavy atom. The molecule has 1 saturated carbocycles. The largest absolute Gasteiger partial charge is 0.372 e. The van der Waals surface area contributed by atoms with Crippen molar-refractivity contribution in [3.63, 3.8) is 0 Å². The molecule has 132 valence electrons. The third-order valence-corrected chi connectivity index (χ3v) is 4.47. The Kier molecular flexibility index (Phi) is 4.53. The van der Waals surface area contributed by atoms with Crippen molar-refractivity contribution in [2.45, 2.75) is 44.6 Å². The zero-order valence-electron chi connectivity index (χ0n) is 14.1. The Hall–Kier alpha value is -2.76. The van der Waals surface area contributed by atoms with E-state index in [2.05, 4.69) is 25.7 Å². The highest BCUT2D eigenvalue weighted by Crippen LogP contribution is 2.39. The Labute approximate surface area is 144 Å². The van der Waals surface area contributed by atoms with Gasteiger partial charge in [-0.2, -0.15) is 15.3 Å². The van der Waals surface area contributed by atoms with Crippen molar-refractivity contribution < 1.29 is 8.78 Å². The van der Waals surface area contributed by atoms with Crippen LogP contribution in [0.3, 0.4) is 0 Å². The minimum atomic E-state index is -2.56. The highest BCUT2D eigenvalue weighted by Gasteiger charge is 2.36. The summed E-state index contributed by atoms with van der Waals surface area (Å²) in [5.74, 6) is -1.79. The Morgan fingerprint density at radius 3 is 2.68 bits per heavy atom. The molecule has 2 heterocycles. The zero-order chi connectivity index (χ0) is 18.0. The maximum atomic E-state index is 13.3. The summed E-state index contributed by atoms with van der Waals surface area (Å²) in [6.07, 6.45) is 3.68. The van der Waals surface area contributed by atoms with Gasteiger partial charge < -0.3 is 10.6 Å². The third-order valence-electron chi connectivity index (χ3n) is 4.47. The van der Waals surface area contributed by atoms with Gasteiger partial charge in [0.15, 0.2) is 0 Å². The highest BCUT2D eigenvalue weighted by atomic mass is 19.3. The minimum Gasteiger partial charge on any atom is -0.372 e. The average Bonchev–Trinajstić information content (AvgIpc) is 2.95. The molecule has 0 radical (unpaired) electrons. The van der Waals surface area contributed by atoms with E-state index in [1.807, 2.05) is 13.0 Å². The van der Waals surface area contributed by atoms with E-state index in [1.54, 1.807) is 17.9 Å². The first-order valence-corrected chi connectivity index (χ1v) is 8.07. The maximum Gasteiger partial charge on any atom is 0.248 e. The first-order chi connectivity index (χ1) is 11.9. The summed E-state index contributed by atoms with van der Waals surface area (Å²) in [5, 5.41) is 19.3. The summed E-state index contributed by atoms with van der Waals surface area (Å²) in [7, 11) is 1.68. The third kappa shape index (κ3) is 3.52. The van der Waals surface area contributed by atoms with Crippen LogP contribution in [0.5, 0.6) is 0 Å². The van der Waals surface area contributed by atoms with Gasteiger partial charge in [0, 0.05) is 19.9 Å². The topological polar surface area (TPSA) is 91.4 Å². The minimum absolute atomic E-state index is 0.0232. The summed E-state index contributed by atoms with van der Waals surface area (Å²) >= 11 is 0. The molecule has 1 fully saturated rings. The van der Waals surface area contributed by atoms with E-state index >= 15 is 0 Å². The van der Waals surface area contributed by atoms with Crippen molar-refractivity contribution in [3.05, 3.63) is 23.7 Å². The summed E-state index contributed by atoms with van der Waals surface area (Å²) in [6.45, 7) is 1.88. The number of nitrogens with one attached hydrogen (secondary N) is 2. The number of hydrogen-bond acceptors (Lipinski definition) is 6. The van der Waals surface area contributed by atoms with Gasteiger partial charge in [-0.05, 0) is 19.8 Å². The molecular formula is C16H19F2N7. The molecule has 3 rings (SSSR count). The standard InChI is InChI=1S/C16H19F2N7/c1-10-13(23-15-21-8-11(7-19)14(20-2)24-15)9-22-25(10)12-3-5-16(17,18)6-4-12/h8-9,12H,3-6H2,1-2H3,(H2,20,21,23,24). The molecular weight excluding hydrogens is 328 g/mol. The summed E-state index contributed by atoms with van der Waals surface area (Å²) < 4.78 is 28.5. The van der Waals surface area contributed by atoms with Gasteiger partial charge in [0.1, 0.15) is 17.5 Å². The number of rotatable bonds is 4. The van der Waals surface area contributed by atoms with E-state index in [4.69, 9.17) is 5.26 Å². The van der Waals surface area contributed by atoms with Crippen molar-refractivity contribution in [1.29, 1.82) is 5.26 Å². The van der Waals surface area contributed by atoms with E-state index in [0.717, 1.165) is 5.69 Å². The van der Waals surface area contributed by atoms with E-state index in [0.29, 0.717) is 35.9 Å². The molecule has 0 aromatic carbocycles. The van der Waals surface area contributed by atoms with Gasteiger partial charge in [-0.25, -0.2) is 13.8 Å². The molecule has 2 aromatic rings. The normalized spacial score (nSPS) is 17.1. The summed E-state index contributed by atoms with van der Waals surface area (Å²) in [5.41, 5.74) is 1.90. The second kappa shape index (κ2) is 6.63. The van der Waals surface area contributed by atoms with Crippen molar-refractivity contribution in [2.24, 2.45) is 0 Å². The lowest BCUT2D eigenvalue weighted by atomic mass is 9.92. The molecule has 0 aliphatic heterocycles. The molecule has 7 nitrogen and oxygen atoms in total. The first kappa shape index (κ1) is 17.1. The van der Waals surface area contributed by atoms with E-state index in [-0.39, 0.29) is 18.9 Å². The van der Waals surface area contributed by atoms with Crippen LogP contribution < -0.4 is 10.6 Å². The number of hydrogen-bond donors (Lipinski definition) is 2. The maximum absolute atomic E-state index is 13.3. The lowest BCUT2D eigenvalue weighted by molar-refractivity contribution is -0.0451. The second-order valence-corrected chi connectivity index (χ2v) is 6.12. The van der Waals surface area contributed by atoms with Crippen LogP contribution in [0.2, 0.25) is 0 Å². The molecule has 0 unspecified atom stereocenters. The van der Waals surface area contributed by atoms with Gasteiger partial charge in [0.25, 0.3) is 0 Å². The van der Waals surface area contributed by atoms with Gasteiger partial charge in [-0.3, -0.25) is 4.68 Å². The fraction of sp³-hybridized carbons (Fsp3) is 0.500. The van der Waals surface area contributed by atoms with Gasteiger partial charge >= 0.3 is 0 Å². The van der Waals surface area contributed by atoms with Crippen LogP contribution in [0.15, 0.2) is 12.4 Å². The molecule has 0 amide bonds. The Balaban J connectivity index is 1.77. The van der Waals surface area contributed by atoms with E-state index < -0.39 is 5.92 Å². The number of halogens is 2. The van der Waals surface area contributed by atoms with Crippen LogP contribution in [0.1, 0.15) is 43.0 Å². The van der Waals surface area contributed by atoms with E-state index in [1.165, 1.54) is 6.20 Å². The number of nitrogens with zero attached hydrogens (tertiary/aromatic N) is 5. The average molecular weight is 347 g/mol. The van der Waals surface area contributed by atoms with Crippen LogP contribution in [0.25, 0.3) is 0 Å². The van der Waals surface area contributed by atoms with Gasteiger partial charge in [-0.15, -0.1) is 0 Å². The molecule has 2 N–H and O–H groups in total. The SMILES string of the molecule is CNc1nc(Nc2cnn(C3CCC(F)(F)CC3)c2C)ncc1C#N. The van der Waals surface area contributed by atoms with Gasteiger partial charge in [0.2, 0.25) is 11.9 Å². The lowest BCUT2D eigenvalue weighted by Crippen LogP contribution is -2.27. The fourth-order valence-electron chi connectivity index (χ4n) is 3.02. The predicted molar refractivity (Wildman–Crippen MR) is 89.0 cm³/mol. The van der Waals surface area contributed by atoms with Crippen molar-refractivity contribution in [2.75, 3.05) is 17.7 Å². The zero-order valence-corrected chi connectivity index (χ0v) is 14.1. The first-order valence-electron chi connectivity index (χ1n) is 8.07. The highest BCUT2D eigenvalue weighted by molar-refractivity contribution is 5.59. The molecule has 0 spiro atoms. The molecule has 1 aliphatic rings. The Bertz CT molecular complexity index is 799. The number of aromatic nitrogens is 4. The molecule has 0 atom stereocenters. The fourth-order valence-corrected chi connectivity index (χ4v) is 3.02. The van der Waals surface area contributed by atoms with Crippen molar-refractivity contribution in [3.8, 4) is 6.07 Å². The predicted octanol–water partition coefficient (Wildman–Crippen LogP) is 3.39. The van der Waals surface area contributed by atoms with Crippen molar-refractivity contribution >= 4 is 17.5 Å². The lowest BCUT2D eigenvalue weighted by Gasteiger charge is -2.29. The van der Waals surface area contributed by atoms with Crippen LogP contribution >= 0.6 is 0 Å². The van der Waals surface area contributed by atoms with E-state index in [9.17, 15) is 8.78 Å². The molecule has 2 aromatic heterocycles. The number of anilines is 3. The van der Waals surface area contributed by atoms with Crippen LogP contribution in [0.4, 0.5) is 26.2 Å². The molecule has 25 heavy (non-hydrogen) atoms. The molecule has 9 heteroatoms. The molecule has 0 saturated heterocycles. The number of alkyl halides is 2. The Morgan fingerprint density at radius 2 is 2.04 bits per heavy atom. The van der Waals surface area contributed by atoms with Crippen LogP contribution in [0, 0.1) is 18.3 Å². The van der Waals surface area contributed by atoms with Crippen molar-refractivity contribution in [1.82, 2.24) is 19.7 Å². The monoisotopic (exact) mass is 347 g/mol. The number of nitriles is 1. The van der Waals surface area contributed by atoms with Crippen LogP contribution in [-0.2, 0) is 0 Å². The summed E-state index contributed by atoms with van der Waals surface area (Å²) in [6, 6.07) is 1.99. The molecule has 0 bridgehead atoms. The summed E-state index contributed by atoms with van der Waals surface area (Å²) in [4.78, 5) is 8.36. The molecule has 1 aliphatic carbocycles. The van der Waals surface area contributed by atoms with Gasteiger partial charge in [0.05, 0.1) is 29.8 Å². The van der Waals surface area contributed by atoms with Crippen LogP contribution in [-0.4, -0.2) is 32.7 Å².